The van der Waals surface area contributed by atoms with Gasteiger partial charge in [0.05, 0.1) is 12.4 Å². The average Bonchev–Trinajstić information content (AvgIpc) is 2.77. The van der Waals surface area contributed by atoms with E-state index in [0.717, 1.165) is 0 Å². The van der Waals surface area contributed by atoms with Crippen molar-refractivity contribution in [2.75, 3.05) is 13.2 Å². The van der Waals surface area contributed by atoms with Crippen molar-refractivity contribution in [2.24, 2.45) is 10.2 Å². The van der Waals surface area contributed by atoms with E-state index in [1.165, 1.54) is 12.4 Å². The predicted molar refractivity (Wildman–Crippen MR) is 107 cm³/mol. The standard InChI is InChI=1S/C20H16N6O4/c21-9-11-29-17-7-3-1-5-15(17)13-23-25-19(27)20(28)26-24-14-16-6-2-4-8-18(16)30-12-10-22/h1-8,13-14H,11-12H2,(H,25,27)(H,26,28). The van der Waals surface area contributed by atoms with Gasteiger partial charge in [0.2, 0.25) is 0 Å². The zero-order valence-electron chi connectivity index (χ0n) is 15.6. The van der Waals surface area contributed by atoms with Crippen molar-refractivity contribution in [3.05, 3.63) is 59.7 Å². The van der Waals surface area contributed by atoms with Crippen LogP contribution < -0.4 is 20.3 Å². The normalized spacial score (nSPS) is 10.2. The highest BCUT2D eigenvalue weighted by Gasteiger charge is 2.11. The van der Waals surface area contributed by atoms with E-state index < -0.39 is 11.8 Å². The van der Waals surface area contributed by atoms with Crippen LogP contribution in [0.15, 0.2) is 58.7 Å². The Morgan fingerprint density at radius 3 is 1.60 bits per heavy atom. The summed E-state index contributed by atoms with van der Waals surface area (Å²) in [7, 11) is 0. The third-order valence-corrected chi connectivity index (χ3v) is 3.37. The van der Waals surface area contributed by atoms with Crippen LogP contribution in [0.5, 0.6) is 11.5 Å². The molecule has 0 heterocycles. The van der Waals surface area contributed by atoms with Crippen molar-refractivity contribution in [2.45, 2.75) is 0 Å². The van der Waals surface area contributed by atoms with Gasteiger partial charge in [-0.1, -0.05) is 24.3 Å². The number of benzene rings is 2. The van der Waals surface area contributed by atoms with Gasteiger partial charge < -0.3 is 9.47 Å². The molecule has 0 atom stereocenters. The first kappa shape index (κ1) is 21.6. The molecule has 0 aliphatic rings. The molecule has 0 saturated carbocycles. The first-order valence-corrected chi connectivity index (χ1v) is 8.49. The second-order valence-corrected chi connectivity index (χ2v) is 5.37. The molecule has 0 aliphatic carbocycles. The molecule has 10 heteroatoms. The fraction of sp³-hybridized carbons (Fsp3) is 0.100. The zero-order valence-corrected chi connectivity index (χ0v) is 15.6. The molecule has 0 unspecified atom stereocenters. The minimum Gasteiger partial charge on any atom is -0.478 e. The number of hydrazone groups is 2. The van der Waals surface area contributed by atoms with Crippen LogP contribution >= 0.6 is 0 Å². The summed E-state index contributed by atoms with van der Waals surface area (Å²) < 4.78 is 10.5. The Kier molecular flexibility index (Phi) is 8.57. The highest BCUT2D eigenvalue weighted by atomic mass is 16.5. The summed E-state index contributed by atoms with van der Waals surface area (Å²) in [6.07, 6.45) is 2.56. The molecule has 2 amide bonds. The van der Waals surface area contributed by atoms with E-state index in [1.807, 2.05) is 12.1 Å². The van der Waals surface area contributed by atoms with Crippen molar-refractivity contribution in [3.63, 3.8) is 0 Å². The average molecular weight is 404 g/mol. The van der Waals surface area contributed by atoms with Gasteiger partial charge in [-0.2, -0.15) is 20.7 Å². The third kappa shape index (κ3) is 6.79. The van der Waals surface area contributed by atoms with E-state index in [9.17, 15) is 9.59 Å². The topological polar surface area (TPSA) is 149 Å². The maximum Gasteiger partial charge on any atom is 0.331 e. The van der Waals surface area contributed by atoms with Gasteiger partial charge in [-0.25, -0.2) is 10.9 Å². The van der Waals surface area contributed by atoms with Crippen molar-refractivity contribution < 1.29 is 19.1 Å². The maximum atomic E-state index is 11.8. The first-order chi connectivity index (χ1) is 14.7. The fourth-order valence-electron chi connectivity index (χ4n) is 2.08. The number of hydrogen-bond donors (Lipinski definition) is 2. The third-order valence-electron chi connectivity index (χ3n) is 3.37. The van der Waals surface area contributed by atoms with E-state index in [2.05, 4.69) is 21.1 Å². The highest BCUT2D eigenvalue weighted by molar-refractivity contribution is 6.35. The molecule has 0 bridgehead atoms. The van der Waals surface area contributed by atoms with Crippen LogP contribution in [0.4, 0.5) is 0 Å². The quantitative estimate of drug-likeness (QED) is 0.382. The van der Waals surface area contributed by atoms with Crippen molar-refractivity contribution in [1.82, 2.24) is 10.9 Å². The summed E-state index contributed by atoms with van der Waals surface area (Å²) in [4.78, 5) is 23.6. The SMILES string of the molecule is N#CCOc1ccccc1C=NNC(=O)C(=O)NN=Cc1ccccc1OCC#N. The largest absolute Gasteiger partial charge is 0.478 e. The Morgan fingerprint density at radius 1 is 0.800 bits per heavy atom. The molecule has 0 aliphatic heterocycles. The van der Waals surface area contributed by atoms with Gasteiger partial charge in [0.25, 0.3) is 0 Å². The number of amides is 2. The lowest BCUT2D eigenvalue weighted by atomic mass is 10.2. The second-order valence-electron chi connectivity index (χ2n) is 5.37. The number of hydrogen-bond acceptors (Lipinski definition) is 8. The molecule has 0 aromatic heterocycles. The molecular formula is C20H16N6O4. The fourth-order valence-corrected chi connectivity index (χ4v) is 2.08. The second kappa shape index (κ2) is 11.9. The maximum absolute atomic E-state index is 11.8. The van der Waals surface area contributed by atoms with Gasteiger partial charge in [-0.3, -0.25) is 9.59 Å². The monoisotopic (exact) mass is 404 g/mol. The van der Waals surface area contributed by atoms with Crippen molar-refractivity contribution in [1.29, 1.82) is 10.5 Å². The smallest absolute Gasteiger partial charge is 0.331 e. The van der Waals surface area contributed by atoms with E-state index in [-0.39, 0.29) is 13.2 Å². The summed E-state index contributed by atoms with van der Waals surface area (Å²) in [5.41, 5.74) is 5.16. The first-order valence-electron chi connectivity index (χ1n) is 8.49. The van der Waals surface area contributed by atoms with Gasteiger partial charge in [0, 0.05) is 11.1 Å². The molecule has 30 heavy (non-hydrogen) atoms. The van der Waals surface area contributed by atoms with E-state index in [0.29, 0.717) is 22.6 Å². The lowest BCUT2D eigenvalue weighted by molar-refractivity contribution is -0.139. The van der Waals surface area contributed by atoms with Crippen LogP contribution in [0.1, 0.15) is 11.1 Å². The minimum atomic E-state index is -1.03. The molecule has 0 saturated heterocycles. The molecule has 2 aromatic carbocycles. The summed E-state index contributed by atoms with van der Waals surface area (Å²) in [6.45, 7) is -0.273. The Labute approximate surface area is 172 Å². The van der Waals surface area contributed by atoms with Crippen molar-refractivity contribution in [3.8, 4) is 23.6 Å². The van der Waals surface area contributed by atoms with E-state index in [1.54, 1.807) is 48.5 Å². The number of carbonyl (C=O) groups is 2. The molecule has 150 valence electrons. The molecule has 0 spiro atoms. The number of ether oxygens (including phenoxy) is 2. The number of carbonyl (C=O) groups excluding carboxylic acids is 2. The van der Waals surface area contributed by atoms with E-state index >= 15 is 0 Å². The highest BCUT2D eigenvalue weighted by Crippen LogP contribution is 2.16. The van der Waals surface area contributed by atoms with Gasteiger partial charge in [0.1, 0.15) is 23.6 Å². The number of nitriles is 2. The molecule has 2 rings (SSSR count). The Hall–Kier alpha value is -4.70. The van der Waals surface area contributed by atoms with Crippen LogP contribution in [0.2, 0.25) is 0 Å². The molecule has 2 aromatic rings. The van der Waals surface area contributed by atoms with Gasteiger partial charge in [-0.05, 0) is 24.3 Å². The van der Waals surface area contributed by atoms with Crippen LogP contribution in [-0.2, 0) is 9.59 Å². The van der Waals surface area contributed by atoms with Crippen molar-refractivity contribution >= 4 is 24.2 Å². The number of para-hydroxylation sites is 2. The lowest BCUT2D eigenvalue weighted by Crippen LogP contribution is -2.35. The van der Waals surface area contributed by atoms with Gasteiger partial charge in [0.15, 0.2) is 13.2 Å². The number of nitrogens with zero attached hydrogens (tertiary/aromatic N) is 4. The zero-order chi connectivity index (χ0) is 21.6. The van der Waals surface area contributed by atoms with Gasteiger partial charge >= 0.3 is 11.8 Å². The summed E-state index contributed by atoms with van der Waals surface area (Å²) in [5, 5.41) is 24.6. The molecule has 2 N–H and O–H groups in total. The molecule has 0 radical (unpaired) electrons. The Bertz CT molecular complexity index is 953. The predicted octanol–water partition coefficient (Wildman–Crippen LogP) is 1.09. The van der Waals surface area contributed by atoms with Crippen LogP contribution in [0.3, 0.4) is 0 Å². The van der Waals surface area contributed by atoms with Gasteiger partial charge in [-0.15, -0.1) is 0 Å². The summed E-state index contributed by atoms with van der Waals surface area (Å²) >= 11 is 0. The lowest BCUT2D eigenvalue weighted by Gasteiger charge is -2.05. The van der Waals surface area contributed by atoms with Crippen LogP contribution in [0, 0.1) is 22.7 Å². The Balaban J connectivity index is 1.90. The number of nitrogens with one attached hydrogen (secondary N) is 2. The molecular weight excluding hydrogens is 388 g/mol. The van der Waals surface area contributed by atoms with Crippen LogP contribution in [-0.4, -0.2) is 37.5 Å². The molecule has 10 nitrogen and oxygen atoms in total. The summed E-state index contributed by atoms with van der Waals surface area (Å²) in [6, 6.07) is 17.2. The Morgan fingerprint density at radius 2 is 1.20 bits per heavy atom. The summed E-state index contributed by atoms with van der Waals surface area (Å²) in [5.74, 6) is -1.26. The number of rotatable bonds is 8. The minimum absolute atomic E-state index is 0.137. The van der Waals surface area contributed by atoms with Crippen LogP contribution in [0.25, 0.3) is 0 Å². The van der Waals surface area contributed by atoms with E-state index in [4.69, 9.17) is 20.0 Å². The molecule has 0 fully saturated rings.